The summed E-state index contributed by atoms with van der Waals surface area (Å²) in [4.78, 5) is 0. The van der Waals surface area contributed by atoms with E-state index in [-0.39, 0.29) is 5.25 Å². The van der Waals surface area contributed by atoms with Crippen molar-refractivity contribution in [3.63, 3.8) is 0 Å². The molecule has 0 radical (unpaired) electrons. The van der Waals surface area contributed by atoms with E-state index in [1.165, 1.54) is 0 Å². The molecule has 1 saturated heterocycles. The van der Waals surface area contributed by atoms with Gasteiger partial charge in [0.25, 0.3) is 0 Å². The highest BCUT2D eigenvalue weighted by atomic mass is 32.2. The Balaban J connectivity index is 2.64. The van der Waals surface area contributed by atoms with E-state index < -0.39 is 9.84 Å². The predicted octanol–water partition coefficient (Wildman–Crippen LogP) is 1.08. The van der Waals surface area contributed by atoms with E-state index in [2.05, 4.69) is 13.8 Å². The van der Waals surface area contributed by atoms with Gasteiger partial charge in [0.05, 0.1) is 11.0 Å². The Morgan fingerprint density at radius 3 is 2.00 bits per heavy atom. The summed E-state index contributed by atoms with van der Waals surface area (Å²) < 4.78 is 21.9. The van der Waals surface area contributed by atoms with Gasteiger partial charge < -0.3 is 0 Å². The molecule has 0 amide bonds. The molecular weight excluding hydrogens is 148 g/mol. The minimum absolute atomic E-state index is 0.0903. The fourth-order valence-electron chi connectivity index (χ4n) is 1.43. The van der Waals surface area contributed by atoms with Crippen LogP contribution in [0, 0.1) is 11.8 Å². The van der Waals surface area contributed by atoms with Crippen molar-refractivity contribution in [3.8, 4) is 0 Å². The summed E-state index contributed by atoms with van der Waals surface area (Å²) in [5, 5.41) is -0.0903. The van der Waals surface area contributed by atoms with Gasteiger partial charge in [-0.3, -0.25) is 0 Å². The maximum atomic E-state index is 10.9. The average molecular weight is 162 g/mol. The largest absolute Gasteiger partial charge is 0.229 e. The first-order valence-electron chi connectivity index (χ1n) is 3.66. The Hall–Kier alpha value is -0.0500. The standard InChI is InChI=1S/C7H14O2S/c1-5(2)7-4-10(8,9)6(7)3/h5-7H,4H2,1-3H3/t6-,7?/m1/s1. The van der Waals surface area contributed by atoms with Crippen LogP contribution in [0.1, 0.15) is 20.8 Å². The lowest BCUT2D eigenvalue weighted by atomic mass is 9.94. The van der Waals surface area contributed by atoms with Gasteiger partial charge in [0.15, 0.2) is 9.84 Å². The molecule has 0 spiro atoms. The molecule has 0 bridgehead atoms. The maximum Gasteiger partial charge on any atom is 0.153 e. The summed E-state index contributed by atoms with van der Waals surface area (Å²) in [6.07, 6.45) is 0. The highest BCUT2D eigenvalue weighted by molar-refractivity contribution is 7.93. The van der Waals surface area contributed by atoms with Gasteiger partial charge >= 0.3 is 0 Å². The van der Waals surface area contributed by atoms with Crippen LogP contribution >= 0.6 is 0 Å². The Bertz CT molecular complexity index is 216. The lowest BCUT2D eigenvalue weighted by molar-refractivity contribution is 0.364. The first-order chi connectivity index (χ1) is 4.45. The van der Waals surface area contributed by atoms with Crippen LogP contribution in [0.3, 0.4) is 0 Å². The Morgan fingerprint density at radius 2 is 1.90 bits per heavy atom. The molecule has 2 nitrogen and oxygen atoms in total. The smallest absolute Gasteiger partial charge is 0.153 e. The molecule has 2 atom stereocenters. The van der Waals surface area contributed by atoms with Gasteiger partial charge in [0.1, 0.15) is 0 Å². The minimum atomic E-state index is -2.65. The molecule has 60 valence electrons. The van der Waals surface area contributed by atoms with Gasteiger partial charge in [-0.05, 0) is 18.8 Å². The molecule has 1 unspecified atom stereocenters. The summed E-state index contributed by atoms with van der Waals surface area (Å²) in [6, 6.07) is 0. The molecule has 1 rings (SSSR count). The summed E-state index contributed by atoms with van der Waals surface area (Å²) in [5.41, 5.74) is 0. The van der Waals surface area contributed by atoms with Crippen LogP contribution < -0.4 is 0 Å². The van der Waals surface area contributed by atoms with E-state index in [0.29, 0.717) is 17.6 Å². The maximum absolute atomic E-state index is 10.9. The van der Waals surface area contributed by atoms with Crippen LogP contribution in [0.15, 0.2) is 0 Å². The molecule has 1 heterocycles. The number of rotatable bonds is 1. The zero-order valence-corrected chi connectivity index (χ0v) is 7.48. The van der Waals surface area contributed by atoms with E-state index in [1.807, 2.05) is 6.92 Å². The molecule has 1 aliphatic rings. The summed E-state index contributed by atoms with van der Waals surface area (Å²) in [6.45, 7) is 5.97. The lowest BCUT2D eigenvalue weighted by Crippen LogP contribution is -2.47. The van der Waals surface area contributed by atoms with E-state index >= 15 is 0 Å². The fourth-order valence-corrected chi connectivity index (χ4v) is 3.53. The summed E-state index contributed by atoms with van der Waals surface area (Å²) in [5.74, 6) is 1.33. The molecule has 0 aromatic carbocycles. The van der Waals surface area contributed by atoms with Gasteiger partial charge in [-0.25, -0.2) is 8.42 Å². The van der Waals surface area contributed by atoms with E-state index in [4.69, 9.17) is 0 Å². The third-order valence-corrected chi connectivity index (χ3v) is 4.78. The fraction of sp³-hybridized carbons (Fsp3) is 1.00. The minimum Gasteiger partial charge on any atom is -0.229 e. The Labute approximate surface area is 62.5 Å². The molecule has 1 fully saturated rings. The van der Waals surface area contributed by atoms with E-state index in [0.717, 1.165) is 0 Å². The van der Waals surface area contributed by atoms with E-state index in [1.54, 1.807) is 0 Å². The van der Waals surface area contributed by atoms with Crippen molar-refractivity contribution in [1.82, 2.24) is 0 Å². The molecule has 1 aliphatic heterocycles. The van der Waals surface area contributed by atoms with Crippen LogP contribution in [0.4, 0.5) is 0 Å². The topological polar surface area (TPSA) is 34.1 Å². The van der Waals surface area contributed by atoms with Crippen molar-refractivity contribution in [1.29, 1.82) is 0 Å². The van der Waals surface area contributed by atoms with Crippen molar-refractivity contribution in [2.45, 2.75) is 26.0 Å². The van der Waals surface area contributed by atoms with Crippen LogP contribution in [0.5, 0.6) is 0 Å². The molecule has 0 N–H and O–H groups in total. The molecular formula is C7H14O2S. The Morgan fingerprint density at radius 1 is 1.40 bits per heavy atom. The number of sulfone groups is 1. The van der Waals surface area contributed by atoms with Crippen LogP contribution in [-0.2, 0) is 9.84 Å². The quantitative estimate of drug-likeness (QED) is 0.578. The average Bonchev–Trinajstić information content (AvgIpc) is 1.82. The zero-order valence-electron chi connectivity index (χ0n) is 6.66. The SMILES string of the molecule is CC(C)C1CS(=O)(=O)[C@@H]1C. The van der Waals surface area contributed by atoms with Crippen molar-refractivity contribution < 1.29 is 8.42 Å². The van der Waals surface area contributed by atoms with Gasteiger partial charge in [0, 0.05) is 0 Å². The van der Waals surface area contributed by atoms with Crippen molar-refractivity contribution in [2.24, 2.45) is 11.8 Å². The first kappa shape index (κ1) is 8.05. The molecule has 0 aromatic heterocycles. The van der Waals surface area contributed by atoms with Gasteiger partial charge in [0.2, 0.25) is 0 Å². The Kier molecular flexibility index (Phi) is 1.79. The lowest BCUT2D eigenvalue weighted by Gasteiger charge is -2.36. The highest BCUT2D eigenvalue weighted by Crippen LogP contribution is 2.33. The molecule has 0 saturated carbocycles. The third-order valence-electron chi connectivity index (χ3n) is 2.45. The van der Waals surface area contributed by atoms with Gasteiger partial charge in [-0.1, -0.05) is 13.8 Å². The summed E-state index contributed by atoms with van der Waals surface area (Å²) >= 11 is 0. The number of hydrogen-bond acceptors (Lipinski definition) is 2. The van der Waals surface area contributed by atoms with Crippen LogP contribution in [0.25, 0.3) is 0 Å². The molecule has 10 heavy (non-hydrogen) atoms. The highest BCUT2D eigenvalue weighted by Gasteiger charge is 2.43. The summed E-state index contributed by atoms with van der Waals surface area (Å²) in [7, 11) is -2.65. The first-order valence-corrected chi connectivity index (χ1v) is 5.38. The molecule has 0 aromatic rings. The van der Waals surface area contributed by atoms with Crippen LogP contribution in [-0.4, -0.2) is 19.4 Å². The number of hydrogen-bond donors (Lipinski definition) is 0. The van der Waals surface area contributed by atoms with Gasteiger partial charge in [-0.2, -0.15) is 0 Å². The van der Waals surface area contributed by atoms with Crippen LogP contribution in [0.2, 0.25) is 0 Å². The second kappa shape index (κ2) is 2.22. The molecule has 3 heteroatoms. The molecule has 0 aliphatic carbocycles. The van der Waals surface area contributed by atoms with Crippen molar-refractivity contribution in [2.75, 3.05) is 5.75 Å². The van der Waals surface area contributed by atoms with Crippen molar-refractivity contribution in [3.05, 3.63) is 0 Å². The van der Waals surface area contributed by atoms with Crippen molar-refractivity contribution >= 4 is 9.84 Å². The van der Waals surface area contributed by atoms with E-state index in [9.17, 15) is 8.42 Å². The monoisotopic (exact) mass is 162 g/mol. The third kappa shape index (κ3) is 1.07. The zero-order chi connectivity index (χ0) is 7.94. The second-order valence-corrected chi connectivity index (χ2v) is 5.85. The van der Waals surface area contributed by atoms with Gasteiger partial charge in [-0.15, -0.1) is 0 Å². The second-order valence-electron chi connectivity index (χ2n) is 3.44. The predicted molar refractivity (Wildman–Crippen MR) is 41.6 cm³/mol. The normalized spacial score (nSPS) is 37.6.